The standard InChI is InChI=1S/C15H11F3N4O2/c16-15(17,18)24-9-2-3-10-11(19)6-14(23)22(12(10)5-9)8-1-4-13(20)21-7-8/h1-7H,19H2,(H2,20,21)/i6D. The molecule has 2 heterocycles. The maximum atomic E-state index is 12.5. The van der Waals surface area contributed by atoms with Gasteiger partial charge in [-0.25, -0.2) is 4.98 Å². The number of nitrogen functional groups attached to an aromatic ring is 2. The van der Waals surface area contributed by atoms with E-state index in [-0.39, 0.29) is 28.1 Å². The van der Waals surface area contributed by atoms with Crippen molar-refractivity contribution in [1.29, 1.82) is 0 Å². The van der Waals surface area contributed by atoms with Gasteiger partial charge in [0.25, 0.3) is 5.56 Å². The molecule has 0 fully saturated rings. The minimum absolute atomic E-state index is 0.0480. The molecule has 0 atom stereocenters. The average molecular weight is 337 g/mol. The number of aromatic nitrogens is 2. The molecule has 0 spiro atoms. The van der Waals surface area contributed by atoms with Gasteiger partial charge in [0, 0.05) is 23.2 Å². The Kier molecular flexibility index (Phi) is 3.26. The summed E-state index contributed by atoms with van der Waals surface area (Å²) in [5, 5.41) is 0.232. The molecule has 1 aromatic carbocycles. The lowest BCUT2D eigenvalue weighted by Crippen LogP contribution is -2.20. The van der Waals surface area contributed by atoms with Gasteiger partial charge in [-0.2, -0.15) is 0 Å². The molecule has 24 heavy (non-hydrogen) atoms. The molecule has 124 valence electrons. The van der Waals surface area contributed by atoms with Crippen LogP contribution < -0.4 is 21.8 Å². The van der Waals surface area contributed by atoms with Crippen molar-refractivity contribution < 1.29 is 19.3 Å². The fourth-order valence-corrected chi connectivity index (χ4v) is 2.26. The Hall–Kier alpha value is -3.23. The number of nitrogens with two attached hydrogens (primary N) is 2. The predicted molar refractivity (Wildman–Crippen MR) is 82.8 cm³/mol. The smallest absolute Gasteiger partial charge is 0.406 e. The SMILES string of the molecule is [2H]c1c(N)c2ccc(OC(F)(F)F)cc2n(-c2ccc(N)nc2)c1=O. The second kappa shape index (κ2) is 5.44. The molecule has 0 unspecified atom stereocenters. The first-order chi connectivity index (χ1) is 11.7. The molecule has 0 aliphatic carbocycles. The summed E-state index contributed by atoms with van der Waals surface area (Å²) >= 11 is 0. The molecule has 2 aromatic heterocycles. The Bertz CT molecular complexity index is 1020. The molecule has 6 nitrogen and oxygen atoms in total. The summed E-state index contributed by atoms with van der Waals surface area (Å²) in [7, 11) is 0. The van der Waals surface area contributed by atoms with Crippen molar-refractivity contribution in [2.45, 2.75) is 6.36 Å². The second-order valence-electron chi connectivity index (χ2n) is 4.85. The van der Waals surface area contributed by atoms with Crippen molar-refractivity contribution in [3.05, 3.63) is 52.9 Å². The lowest BCUT2D eigenvalue weighted by atomic mass is 10.1. The lowest BCUT2D eigenvalue weighted by molar-refractivity contribution is -0.274. The van der Waals surface area contributed by atoms with Gasteiger partial charge in [-0.1, -0.05) is 0 Å². The maximum absolute atomic E-state index is 12.5. The minimum atomic E-state index is -4.89. The van der Waals surface area contributed by atoms with E-state index < -0.39 is 23.7 Å². The fourth-order valence-electron chi connectivity index (χ4n) is 2.26. The van der Waals surface area contributed by atoms with Crippen LogP contribution in [0.15, 0.2) is 47.4 Å². The van der Waals surface area contributed by atoms with Crippen LogP contribution in [0.5, 0.6) is 5.75 Å². The van der Waals surface area contributed by atoms with Crippen LogP contribution in [-0.4, -0.2) is 15.9 Å². The van der Waals surface area contributed by atoms with Crippen LogP contribution in [0, 0.1) is 0 Å². The fraction of sp³-hybridized carbons (Fsp3) is 0.0667. The van der Waals surface area contributed by atoms with Gasteiger partial charge in [-0.05, 0) is 24.3 Å². The van der Waals surface area contributed by atoms with Crippen LogP contribution in [-0.2, 0) is 0 Å². The van der Waals surface area contributed by atoms with E-state index in [9.17, 15) is 18.0 Å². The van der Waals surface area contributed by atoms with E-state index in [1.54, 1.807) is 0 Å². The van der Waals surface area contributed by atoms with Gasteiger partial charge < -0.3 is 16.2 Å². The van der Waals surface area contributed by atoms with Crippen molar-refractivity contribution in [3.8, 4) is 11.4 Å². The maximum Gasteiger partial charge on any atom is 0.573 e. The first-order valence-electron chi connectivity index (χ1n) is 7.10. The molecule has 0 radical (unpaired) electrons. The summed E-state index contributed by atoms with van der Waals surface area (Å²) < 4.78 is 50.2. The third-order valence-electron chi connectivity index (χ3n) is 3.21. The van der Waals surface area contributed by atoms with Gasteiger partial charge in [-0.3, -0.25) is 9.36 Å². The topological polar surface area (TPSA) is 96.2 Å². The quantitative estimate of drug-likeness (QED) is 0.749. The summed E-state index contributed by atoms with van der Waals surface area (Å²) in [5.74, 6) is -0.322. The normalized spacial score (nSPS) is 12.2. The monoisotopic (exact) mass is 337 g/mol. The molecule has 3 aromatic rings. The summed E-state index contributed by atoms with van der Waals surface area (Å²) in [5.41, 5.74) is 10.6. The number of alkyl halides is 3. The van der Waals surface area contributed by atoms with E-state index in [0.29, 0.717) is 0 Å². The van der Waals surface area contributed by atoms with Gasteiger partial charge in [0.15, 0.2) is 0 Å². The third kappa shape index (κ3) is 2.96. The number of pyridine rings is 2. The van der Waals surface area contributed by atoms with Gasteiger partial charge in [0.2, 0.25) is 0 Å². The molecule has 0 bridgehead atoms. The number of hydrogen-bond donors (Lipinski definition) is 2. The van der Waals surface area contributed by atoms with Crippen LogP contribution >= 0.6 is 0 Å². The summed E-state index contributed by atoms with van der Waals surface area (Å²) in [6.07, 6.45) is -3.62. The number of rotatable bonds is 2. The predicted octanol–water partition coefficient (Wildman–Crippen LogP) is 2.45. The van der Waals surface area contributed by atoms with Crippen LogP contribution in [0.2, 0.25) is 0 Å². The van der Waals surface area contributed by atoms with Crippen LogP contribution in [0.1, 0.15) is 1.37 Å². The lowest BCUT2D eigenvalue weighted by Gasteiger charge is -2.14. The van der Waals surface area contributed by atoms with Gasteiger partial charge in [0.05, 0.1) is 18.8 Å². The average Bonchev–Trinajstić information content (AvgIpc) is 2.53. The van der Waals surface area contributed by atoms with Crippen LogP contribution in [0.4, 0.5) is 24.7 Å². The number of hydrogen-bond acceptors (Lipinski definition) is 5. The molecular formula is C15H11F3N4O2. The van der Waals surface area contributed by atoms with E-state index in [4.69, 9.17) is 12.8 Å². The first kappa shape index (κ1) is 14.4. The van der Waals surface area contributed by atoms with Crippen molar-refractivity contribution in [2.75, 3.05) is 11.5 Å². The van der Waals surface area contributed by atoms with E-state index in [1.807, 2.05) is 0 Å². The largest absolute Gasteiger partial charge is 0.573 e. The number of halogens is 3. The van der Waals surface area contributed by atoms with Gasteiger partial charge in [0.1, 0.15) is 11.6 Å². The zero-order chi connectivity index (χ0) is 18.4. The highest BCUT2D eigenvalue weighted by molar-refractivity contribution is 5.92. The minimum Gasteiger partial charge on any atom is -0.406 e. The second-order valence-corrected chi connectivity index (χ2v) is 4.85. The van der Waals surface area contributed by atoms with Crippen LogP contribution in [0.25, 0.3) is 16.6 Å². The molecule has 9 heteroatoms. The summed E-state index contributed by atoms with van der Waals surface area (Å²) in [4.78, 5) is 16.3. The van der Waals surface area contributed by atoms with E-state index in [0.717, 1.165) is 16.7 Å². The third-order valence-corrected chi connectivity index (χ3v) is 3.21. The highest BCUT2D eigenvalue weighted by atomic mass is 19.4. The number of nitrogens with zero attached hydrogens (tertiary/aromatic N) is 2. The Morgan fingerprint density at radius 1 is 1.21 bits per heavy atom. The van der Waals surface area contributed by atoms with Crippen molar-refractivity contribution in [2.24, 2.45) is 0 Å². The Morgan fingerprint density at radius 3 is 2.58 bits per heavy atom. The molecular weight excluding hydrogens is 325 g/mol. The Labute approximate surface area is 134 Å². The summed E-state index contributed by atoms with van der Waals surface area (Å²) in [6.45, 7) is 0. The number of fused-ring (bicyclic) bond motifs is 1. The highest BCUT2D eigenvalue weighted by Crippen LogP contribution is 2.29. The van der Waals surface area contributed by atoms with Crippen molar-refractivity contribution in [3.63, 3.8) is 0 Å². The number of anilines is 2. The van der Waals surface area contributed by atoms with E-state index in [1.165, 1.54) is 24.4 Å². The van der Waals surface area contributed by atoms with E-state index in [2.05, 4.69) is 9.72 Å². The molecule has 3 rings (SSSR count). The summed E-state index contributed by atoms with van der Waals surface area (Å²) in [6, 6.07) is 5.73. The Balaban J connectivity index is 2.34. The molecule has 0 aliphatic heterocycles. The van der Waals surface area contributed by atoms with Gasteiger partial charge >= 0.3 is 6.36 Å². The zero-order valence-electron chi connectivity index (χ0n) is 13.0. The van der Waals surface area contributed by atoms with Crippen molar-refractivity contribution >= 4 is 22.4 Å². The molecule has 0 aliphatic rings. The molecule has 4 N–H and O–H groups in total. The van der Waals surface area contributed by atoms with Crippen LogP contribution in [0.3, 0.4) is 0 Å². The van der Waals surface area contributed by atoms with E-state index >= 15 is 0 Å². The van der Waals surface area contributed by atoms with Gasteiger partial charge in [-0.15, -0.1) is 13.2 Å². The zero-order valence-corrected chi connectivity index (χ0v) is 12.0. The number of benzene rings is 1. The molecule has 0 amide bonds. The molecule has 0 saturated heterocycles. The number of ether oxygens (including phenoxy) is 1. The molecule has 0 saturated carbocycles. The Morgan fingerprint density at radius 2 is 1.96 bits per heavy atom. The van der Waals surface area contributed by atoms with Crippen molar-refractivity contribution in [1.82, 2.24) is 9.55 Å². The highest BCUT2D eigenvalue weighted by Gasteiger charge is 2.31. The first-order valence-corrected chi connectivity index (χ1v) is 6.60.